The summed E-state index contributed by atoms with van der Waals surface area (Å²) in [5.41, 5.74) is 0.123. The minimum atomic E-state index is -2.70. The van der Waals surface area contributed by atoms with E-state index in [1.807, 2.05) is 0 Å². The summed E-state index contributed by atoms with van der Waals surface area (Å²) in [4.78, 5) is 12.2. The maximum Gasteiger partial charge on any atom is 0.280 e. The van der Waals surface area contributed by atoms with Crippen LogP contribution in [0.15, 0.2) is 34.9 Å². The lowest BCUT2D eigenvalue weighted by Gasteiger charge is -1.99. The average Bonchev–Trinajstić information content (AvgIpc) is 3.01. The molecule has 0 unspecified atom stereocenters. The van der Waals surface area contributed by atoms with Crippen LogP contribution in [0.4, 0.5) is 19.0 Å². The number of halogens is 3. The Kier molecular flexibility index (Phi) is 3.36. The van der Waals surface area contributed by atoms with E-state index in [2.05, 4.69) is 10.4 Å². The van der Waals surface area contributed by atoms with Crippen molar-refractivity contribution in [3.63, 3.8) is 0 Å². The van der Waals surface area contributed by atoms with E-state index in [4.69, 9.17) is 4.42 Å². The molecule has 0 spiro atoms. The number of aromatic nitrogens is 2. The molecule has 22 heavy (non-hydrogen) atoms. The summed E-state index contributed by atoms with van der Waals surface area (Å²) in [5, 5.41) is 6.46. The predicted molar refractivity (Wildman–Crippen MR) is 72.3 cm³/mol. The number of rotatable bonds is 3. The molecule has 2 aromatic heterocycles. The highest BCUT2D eigenvalue weighted by Gasteiger charge is 2.18. The number of aryl methyl sites for hydroxylation is 1. The van der Waals surface area contributed by atoms with Gasteiger partial charge in [-0.05, 0) is 18.2 Å². The fraction of sp³-hybridized carbons (Fsp3) is 0.143. The van der Waals surface area contributed by atoms with Crippen molar-refractivity contribution in [3.8, 4) is 0 Å². The molecule has 3 aromatic rings. The molecular formula is C14H10F3N3O2. The summed E-state index contributed by atoms with van der Waals surface area (Å²) in [7, 11) is 1.35. The largest absolute Gasteiger partial charge is 0.463 e. The summed E-state index contributed by atoms with van der Waals surface area (Å²) in [6, 6.07) is 4.85. The van der Waals surface area contributed by atoms with Gasteiger partial charge in [-0.15, -0.1) is 0 Å². The van der Waals surface area contributed by atoms with Crippen LogP contribution < -0.4 is 5.32 Å². The van der Waals surface area contributed by atoms with E-state index in [-0.39, 0.29) is 17.1 Å². The number of hydrogen-bond donors (Lipinski definition) is 1. The standard InChI is InChI=1S/C14H10F3N3O2/c1-20-10(13(16)17)5-12(19-20)18-14(21)9-6-22-11-3-2-7(15)4-8(9)11/h2-6,13H,1H3,(H,18,19,21). The Balaban J connectivity index is 1.90. The molecule has 3 rings (SSSR count). The summed E-state index contributed by atoms with van der Waals surface area (Å²) in [5.74, 6) is -1.16. The summed E-state index contributed by atoms with van der Waals surface area (Å²) in [6.07, 6.45) is -1.52. The first-order chi connectivity index (χ1) is 10.5. The molecule has 0 aliphatic carbocycles. The van der Waals surface area contributed by atoms with E-state index >= 15 is 0 Å². The number of furan rings is 1. The first-order valence-corrected chi connectivity index (χ1v) is 6.26. The van der Waals surface area contributed by atoms with E-state index in [9.17, 15) is 18.0 Å². The number of carbonyl (C=O) groups is 1. The van der Waals surface area contributed by atoms with E-state index in [0.717, 1.165) is 16.8 Å². The Morgan fingerprint density at radius 2 is 2.14 bits per heavy atom. The van der Waals surface area contributed by atoms with Gasteiger partial charge in [0.05, 0.1) is 5.56 Å². The van der Waals surface area contributed by atoms with Crippen LogP contribution in [0.5, 0.6) is 0 Å². The number of nitrogens with one attached hydrogen (secondary N) is 1. The molecule has 1 amide bonds. The van der Waals surface area contributed by atoms with Crippen molar-refractivity contribution in [1.29, 1.82) is 0 Å². The molecule has 2 heterocycles. The highest BCUT2D eigenvalue weighted by Crippen LogP contribution is 2.24. The number of carbonyl (C=O) groups excluding carboxylic acids is 1. The normalized spacial score (nSPS) is 11.3. The van der Waals surface area contributed by atoms with Crippen LogP contribution >= 0.6 is 0 Å². The lowest BCUT2D eigenvalue weighted by Crippen LogP contribution is -2.12. The van der Waals surface area contributed by atoms with Crippen LogP contribution in [0.1, 0.15) is 22.5 Å². The monoisotopic (exact) mass is 309 g/mol. The maximum absolute atomic E-state index is 13.3. The topological polar surface area (TPSA) is 60.1 Å². The molecule has 0 atom stereocenters. The van der Waals surface area contributed by atoms with Crippen molar-refractivity contribution >= 4 is 22.7 Å². The highest BCUT2D eigenvalue weighted by molar-refractivity contribution is 6.11. The zero-order valence-corrected chi connectivity index (χ0v) is 11.3. The Morgan fingerprint density at radius 1 is 1.36 bits per heavy atom. The molecule has 0 saturated heterocycles. The van der Waals surface area contributed by atoms with Gasteiger partial charge in [0.25, 0.3) is 12.3 Å². The highest BCUT2D eigenvalue weighted by atomic mass is 19.3. The van der Waals surface area contributed by atoms with E-state index in [1.54, 1.807) is 0 Å². The molecule has 0 aliphatic heterocycles. The van der Waals surface area contributed by atoms with Crippen molar-refractivity contribution < 1.29 is 22.4 Å². The van der Waals surface area contributed by atoms with E-state index in [1.165, 1.54) is 25.4 Å². The summed E-state index contributed by atoms with van der Waals surface area (Å²) < 4.78 is 44.7. The second-order valence-corrected chi connectivity index (χ2v) is 4.62. The summed E-state index contributed by atoms with van der Waals surface area (Å²) >= 11 is 0. The molecule has 0 aliphatic rings. The van der Waals surface area contributed by atoms with Gasteiger partial charge in [0.15, 0.2) is 5.82 Å². The first kappa shape index (κ1) is 14.2. The predicted octanol–water partition coefficient (Wildman–Crippen LogP) is 3.50. The Labute approximate surface area is 122 Å². The molecule has 0 bridgehead atoms. The van der Waals surface area contributed by atoms with Crippen LogP contribution in [0.25, 0.3) is 11.0 Å². The molecule has 5 nitrogen and oxygen atoms in total. The molecule has 0 saturated carbocycles. The van der Waals surface area contributed by atoms with Gasteiger partial charge in [-0.25, -0.2) is 13.2 Å². The molecule has 0 radical (unpaired) electrons. The molecule has 8 heteroatoms. The first-order valence-electron chi connectivity index (χ1n) is 6.26. The number of anilines is 1. The SMILES string of the molecule is Cn1nc(NC(=O)c2coc3ccc(F)cc23)cc1C(F)F. The minimum absolute atomic E-state index is 0.0199. The van der Waals surface area contributed by atoms with Gasteiger partial charge in [-0.3, -0.25) is 9.48 Å². The van der Waals surface area contributed by atoms with Crippen molar-refractivity contribution in [3.05, 3.63) is 47.6 Å². The van der Waals surface area contributed by atoms with Crippen molar-refractivity contribution in [1.82, 2.24) is 9.78 Å². The third kappa shape index (κ3) is 2.43. The lowest BCUT2D eigenvalue weighted by atomic mass is 10.1. The fourth-order valence-electron chi connectivity index (χ4n) is 2.11. The van der Waals surface area contributed by atoms with Crippen molar-refractivity contribution in [2.75, 3.05) is 5.32 Å². The van der Waals surface area contributed by atoms with Crippen LogP contribution in [0.2, 0.25) is 0 Å². The van der Waals surface area contributed by atoms with Gasteiger partial charge in [0, 0.05) is 18.5 Å². The number of nitrogens with zero attached hydrogens (tertiary/aromatic N) is 2. The summed E-state index contributed by atoms with van der Waals surface area (Å²) in [6.45, 7) is 0. The van der Waals surface area contributed by atoms with Crippen molar-refractivity contribution in [2.24, 2.45) is 7.05 Å². The zero-order chi connectivity index (χ0) is 15.9. The van der Waals surface area contributed by atoms with Crippen LogP contribution in [0, 0.1) is 5.82 Å². The zero-order valence-electron chi connectivity index (χ0n) is 11.3. The molecular weight excluding hydrogens is 299 g/mol. The van der Waals surface area contributed by atoms with Gasteiger partial charge in [0.1, 0.15) is 23.4 Å². The van der Waals surface area contributed by atoms with Crippen LogP contribution in [-0.4, -0.2) is 15.7 Å². The van der Waals surface area contributed by atoms with Gasteiger partial charge in [-0.2, -0.15) is 5.10 Å². The number of hydrogen-bond acceptors (Lipinski definition) is 3. The Bertz CT molecular complexity index is 854. The molecule has 0 fully saturated rings. The van der Waals surface area contributed by atoms with Crippen LogP contribution in [-0.2, 0) is 7.05 Å². The minimum Gasteiger partial charge on any atom is -0.463 e. The average molecular weight is 309 g/mol. The maximum atomic E-state index is 13.3. The van der Waals surface area contributed by atoms with Gasteiger partial charge >= 0.3 is 0 Å². The van der Waals surface area contributed by atoms with Gasteiger partial charge in [-0.1, -0.05) is 0 Å². The Morgan fingerprint density at radius 3 is 2.82 bits per heavy atom. The van der Waals surface area contributed by atoms with E-state index in [0.29, 0.717) is 11.0 Å². The second-order valence-electron chi connectivity index (χ2n) is 4.62. The van der Waals surface area contributed by atoms with Gasteiger partial charge in [0.2, 0.25) is 0 Å². The molecule has 114 valence electrons. The van der Waals surface area contributed by atoms with E-state index < -0.39 is 18.1 Å². The second kappa shape index (κ2) is 5.21. The third-order valence-corrected chi connectivity index (χ3v) is 3.16. The van der Waals surface area contributed by atoms with Gasteiger partial charge < -0.3 is 9.73 Å². The quantitative estimate of drug-likeness (QED) is 0.805. The fourth-order valence-corrected chi connectivity index (χ4v) is 2.11. The van der Waals surface area contributed by atoms with Crippen molar-refractivity contribution in [2.45, 2.75) is 6.43 Å². The Hall–Kier alpha value is -2.77. The molecule has 1 N–H and O–H groups in total. The molecule has 1 aromatic carbocycles. The smallest absolute Gasteiger partial charge is 0.280 e. The lowest BCUT2D eigenvalue weighted by molar-refractivity contribution is 0.102. The van der Waals surface area contributed by atoms with Crippen LogP contribution in [0.3, 0.4) is 0 Å². The number of alkyl halides is 2. The third-order valence-electron chi connectivity index (χ3n) is 3.16. The number of fused-ring (bicyclic) bond motifs is 1. The number of benzene rings is 1. The number of amides is 1.